The summed E-state index contributed by atoms with van der Waals surface area (Å²) in [4.78, 5) is 13.0. The number of rotatable bonds is 12. The van der Waals surface area contributed by atoms with E-state index < -0.39 is 27.7 Å². The van der Waals surface area contributed by atoms with E-state index in [-0.39, 0.29) is 29.5 Å². The molecule has 0 radical (unpaired) electrons. The van der Waals surface area contributed by atoms with Crippen molar-refractivity contribution in [3.8, 4) is 22.1 Å². The first-order valence-corrected chi connectivity index (χ1v) is 16.2. The average Bonchev–Trinajstić information content (AvgIpc) is 3.52. The van der Waals surface area contributed by atoms with Gasteiger partial charge in [0.1, 0.15) is 5.01 Å². The van der Waals surface area contributed by atoms with Crippen molar-refractivity contribution in [2.75, 3.05) is 32.6 Å². The predicted octanol–water partition coefficient (Wildman–Crippen LogP) is 6.66. The summed E-state index contributed by atoms with van der Waals surface area (Å²) in [6, 6.07) is 22.1. The van der Waals surface area contributed by atoms with Gasteiger partial charge in [0.15, 0.2) is 11.5 Å². The first kappa shape index (κ1) is 32.9. The van der Waals surface area contributed by atoms with Gasteiger partial charge in [0.2, 0.25) is 21.1 Å². The lowest BCUT2D eigenvalue weighted by atomic mass is 10.1. The molecule has 4 aromatic carbocycles. The largest absolute Gasteiger partial charge is 0.493 e. The van der Waals surface area contributed by atoms with Crippen LogP contribution < -0.4 is 14.8 Å². The van der Waals surface area contributed by atoms with Gasteiger partial charge in [-0.05, 0) is 59.2 Å². The van der Waals surface area contributed by atoms with E-state index in [1.165, 1.54) is 30.7 Å². The molecule has 14 heteroatoms. The molecule has 0 spiro atoms. The SMILES string of the molecule is COc1ccc(CCN(CCC(=O)Nc2nnc(-c3ccc(C(F)(F)F)cc3)s2)S(=O)(=O)c2ccc3ccccc3c2)cc1OC. The van der Waals surface area contributed by atoms with Gasteiger partial charge in [-0.3, -0.25) is 4.79 Å². The normalized spacial score (nSPS) is 12.0. The molecule has 0 fully saturated rings. The number of nitrogens with one attached hydrogen (secondary N) is 1. The van der Waals surface area contributed by atoms with Crippen LogP contribution in [0.5, 0.6) is 11.5 Å². The molecule has 0 aliphatic rings. The van der Waals surface area contributed by atoms with Crippen LogP contribution in [0.3, 0.4) is 0 Å². The van der Waals surface area contributed by atoms with Gasteiger partial charge < -0.3 is 14.8 Å². The molecule has 1 amide bonds. The number of benzene rings is 4. The first-order valence-electron chi connectivity index (χ1n) is 14.0. The molecular weight excluding hydrogens is 642 g/mol. The number of hydrogen-bond acceptors (Lipinski definition) is 8. The molecule has 240 valence electrons. The van der Waals surface area contributed by atoms with Crippen LogP contribution in [0.25, 0.3) is 21.3 Å². The van der Waals surface area contributed by atoms with Crippen molar-refractivity contribution < 1.29 is 35.9 Å². The van der Waals surface area contributed by atoms with Crippen molar-refractivity contribution in [1.82, 2.24) is 14.5 Å². The van der Waals surface area contributed by atoms with Crippen LogP contribution in [0.1, 0.15) is 17.5 Å². The van der Waals surface area contributed by atoms with E-state index in [9.17, 15) is 26.4 Å². The summed E-state index contributed by atoms with van der Waals surface area (Å²) in [5.41, 5.74) is 0.433. The molecule has 5 rings (SSSR count). The Hall–Kier alpha value is -4.53. The van der Waals surface area contributed by atoms with Gasteiger partial charge in [0.25, 0.3) is 0 Å². The second kappa shape index (κ2) is 13.8. The summed E-state index contributed by atoms with van der Waals surface area (Å²) >= 11 is 0.990. The fourth-order valence-electron chi connectivity index (χ4n) is 4.72. The van der Waals surface area contributed by atoms with Crippen LogP contribution in [0.2, 0.25) is 0 Å². The number of nitrogens with zero attached hydrogens (tertiary/aromatic N) is 3. The Morgan fingerprint density at radius 1 is 0.870 bits per heavy atom. The highest BCUT2D eigenvalue weighted by Gasteiger charge is 2.30. The van der Waals surface area contributed by atoms with Crippen molar-refractivity contribution in [3.05, 3.63) is 96.1 Å². The number of amides is 1. The van der Waals surface area contributed by atoms with Crippen molar-refractivity contribution in [2.45, 2.75) is 23.9 Å². The third-order valence-corrected chi connectivity index (χ3v) is 9.96. The monoisotopic (exact) mass is 670 g/mol. The molecule has 1 N–H and O–H groups in total. The zero-order valence-corrected chi connectivity index (χ0v) is 26.4. The Labute approximate surface area is 267 Å². The van der Waals surface area contributed by atoms with Gasteiger partial charge >= 0.3 is 6.18 Å². The second-order valence-electron chi connectivity index (χ2n) is 10.1. The van der Waals surface area contributed by atoms with Gasteiger partial charge in [-0.2, -0.15) is 17.5 Å². The molecule has 9 nitrogen and oxygen atoms in total. The molecule has 5 aromatic rings. The van der Waals surface area contributed by atoms with Crippen LogP contribution in [-0.4, -0.2) is 56.1 Å². The second-order valence-corrected chi connectivity index (χ2v) is 13.1. The highest BCUT2D eigenvalue weighted by molar-refractivity contribution is 7.89. The number of hydrogen-bond donors (Lipinski definition) is 1. The first-order chi connectivity index (χ1) is 22.0. The lowest BCUT2D eigenvalue weighted by Crippen LogP contribution is -2.35. The minimum atomic E-state index is -4.46. The number of sulfonamides is 1. The number of carbonyl (C=O) groups is 1. The summed E-state index contributed by atoms with van der Waals surface area (Å²) in [6.07, 6.45) is -4.31. The van der Waals surface area contributed by atoms with Gasteiger partial charge in [-0.25, -0.2) is 8.42 Å². The minimum Gasteiger partial charge on any atom is -0.493 e. The average molecular weight is 671 g/mol. The summed E-state index contributed by atoms with van der Waals surface area (Å²) in [5.74, 6) is 0.553. The van der Waals surface area contributed by atoms with Crippen molar-refractivity contribution in [1.29, 1.82) is 0 Å². The van der Waals surface area contributed by atoms with Crippen LogP contribution in [0, 0.1) is 0 Å². The van der Waals surface area contributed by atoms with Crippen molar-refractivity contribution in [2.24, 2.45) is 0 Å². The van der Waals surface area contributed by atoms with E-state index in [1.807, 2.05) is 30.3 Å². The van der Waals surface area contributed by atoms with E-state index in [0.717, 1.165) is 39.8 Å². The highest BCUT2D eigenvalue weighted by Crippen LogP contribution is 2.33. The molecule has 1 aromatic heterocycles. The number of halogens is 3. The molecule has 0 saturated carbocycles. The summed E-state index contributed by atoms with van der Waals surface area (Å²) < 4.78 is 78.4. The fourth-order valence-corrected chi connectivity index (χ4v) is 6.96. The standard InChI is InChI=1S/C32H29F3N4O5S2/c1-43-27-14-7-21(19-28(27)44-2)15-17-39(46(41,42)26-13-10-22-5-3-4-6-24(22)20-26)18-16-29(40)36-31-38-37-30(45-31)23-8-11-25(12-9-23)32(33,34)35/h3-14,19-20H,15-18H2,1-2H3,(H,36,38,40). The van der Waals surface area contributed by atoms with Gasteiger partial charge in [-0.15, -0.1) is 10.2 Å². The Bertz CT molecular complexity index is 1950. The number of carbonyl (C=O) groups excluding carboxylic acids is 1. The predicted molar refractivity (Wildman–Crippen MR) is 170 cm³/mol. The Balaban J connectivity index is 1.31. The highest BCUT2D eigenvalue weighted by atomic mass is 32.2. The molecule has 46 heavy (non-hydrogen) atoms. The van der Waals surface area contributed by atoms with Crippen LogP contribution in [0.15, 0.2) is 89.8 Å². The number of anilines is 1. The number of aromatic nitrogens is 2. The number of methoxy groups -OCH3 is 2. The maximum Gasteiger partial charge on any atom is 0.416 e. The van der Waals surface area contributed by atoms with E-state index in [2.05, 4.69) is 15.5 Å². The zero-order valence-electron chi connectivity index (χ0n) is 24.7. The van der Waals surface area contributed by atoms with Crippen molar-refractivity contribution in [3.63, 3.8) is 0 Å². The molecule has 0 aliphatic heterocycles. The lowest BCUT2D eigenvalue weighted by molar-refractivity contribution is -0.137. The smallest absolute Gasteiger partial charge is 0.416 e. The van der Waals surface area contributed by atoms with Gasteiger partial charge in [-0.1, -0.05) is 59.9 Å². The third-order valence-electron chi connectivity index (χ3n) is 7.18. The molecule has 0 saturated heterocycles. The maximum atomic E-state index is 13.9. The Morgan fingerprint density at radius 3 is 2.28 bits per heavy atom. The van der Waals surface area contributed by atoms with Crippen LogP contribution in [0.4, 0.5) is 18.3 Å². The van der Waals surface area contributed by atoms with Gasteiger partial charge in [0, 0.05) is 25.1 Å². The topological polar surface area (TPSA) is 111 Å². The third kappa shape index (κ3) is 7.63. The number of ether oxygens (including phenoxy) is 2. The van der Waals surface area contributed by atoms with E-state index >= 15 is 0 Å². The molecule has 1 heterocycles. The van der Waals surface area contributed by atoms with E-state index in [4.69, 9.17) is 9.47 Å². The number of fused-ring (bicyclic) bond motifs is 1. The number of alkyl halides is 3. The summed E-state index contributed by atoms with van der Waals surface area (Å²) in [7, 11) is -0.973. The maximum absolute atomic E-state index is 13.9. The van der Waals surface area contributed by atoms with E-state index in [1.54, 1.807) is 30.3 Å². The lowest BCUT2D eigenvalue weighted by Gasteiger charge is -2.22. The molecule has 0 aliphatic carbocycles. The van der Waals surface area contributed by atoms with E-state index in [0.29, 0.717) is 28.5 Å². The summed E-state index contributed by atoms with van der Waals surface area (Å²) in [6.45, 7) is -0.0480. The molecule has 0 bridgehead atoms. The minimum absolute atomic E-state index is 0.0782. The quantitative estimate of drug-likeness (QED) is 0.158. The van der Waals surface area contributed by atoms with Crippen LogP contribution in [-0.2, 0) is 27.4 Å². The Morgan fingerprint density at radius 2 is 1.59 bits per heavy atom. The molecule has 0 unspecified atom stereocenters. The molecular formula is C32H29F3N4O5S2. The van der Waals surface area contributed by atoms with Crippen molar-refractivity contribution >= 4 is 43.2 Å². The molecule has 0 atom stereocenters. The summed E-state index contributed by atoms with van der Waals surface area (Å²) in [5, 5.41) is 12.6. The van der Waals surface area contributed by atoms with Crippen LogP contribution >= 0.6 is 11.3 Å². The zero-order chi connectivity index (χ0) is 32.9. The fraction of sp³-hybridized carbons (Fsp3) is 0.219. The van der Waals surface area contributed by atoms with Gasteiger partial charge in [0.05, 0.1) is 24.7 Å². The Kier molecular flexibility index (Phi) is 9.89.